The summed E-state index contributed by atoms with van der Waals surface area (Å²) in [7, 11) is 1.58. The normalized spacial score (nSPS) is 10.6. The van der Waals surface area contributed by atoms with Crippen LogP contribution < -0.4 is 4.74 Å². The highest BCUT2D eigenvalue weighted by atomic mass is 35.5. The van der Waals surface area contributed by atoms with Crippen LogP contribution in [0.25, 0.3) is 5.69 Å². The summed E-state index contributed by atoms with van der Waals surface area (Å²) in [6, 6.07) is 14.7. The number of Topliss-reactive ketones (excluding diaryl/α,β-unsaturated/α-hetero) is 1. The molecule has 0 atom stereocenters. The monoisotopic (exact) mass is 358 g/mol. The van der Waals surface area contributed by atoms with Crippen LogP contribution in [0.2, 0.25) is 5.02 Å². The van der Waals surface area contributed by atoms with Crippen LogP contribution >= 0.6 is 23.4 Å². The van der Waals surface area contributed by atoms with Gasteiger partial charge in [0.1, 0.15) is 5.75 Å². The summed E-state index contributed by atoms with van der Waals surface area (Å²) >= 11 is 7.43. The first-order valence-electron chi connectivity index (χ1n) is 7.27. The van der Waals surface area contributed by atoms with Crippen molar-refractivity contribution in [2.75, 3.05) is 12.9 Å². The van der Waals surface area contributed by atoms with Crippen molar-refractivity contribution in [3.63, 3.8) is 0 Å². The number of imidazole rings is 1. The Bertz CT molecular complexity index is 863. The molecule has 0 aliphatic heterocycles. The Labute approximate surface area is 149 Å². The van der Waals surface area contributed by atoms with E-state index < -0.39 is 0 Å². The van der Waals surface area contributed by atoms with E-state index in [1.54, 1.807) is 25.4 Å². The third-order valence-electron chi connectivity index (χ3n) is 3.42. The van der Waals surface area contributed by atoms with Gasteiger partial charge in [0.2, 0.25) is 0 Å². The Balaban J connectivity index is 1.73. The Morgan fingerprint density at radius 1 is 1.25 bits per heavy atom. The molecule has 0 radical (unpaired) electrons. The molecule has 0 bridgehead atoms. The second kappa shape index (κ2) is 7.55. The van der Waals surface area contributed by atoms with Crippen molar-refractivity contribution in [3.8, 4) is 11.4 Å². The number of benzene rings is 2. The lowest BCUT2D eigenvalue weighted by molar-refractivity contribution is 0.102. The van der Waals surface area contributed by atoms with Gasteiger partial charge in [-0.15, -0.1) is 0 Å². The number of hydrogen-bond acceptors (Lipinski definition) is 4. The fraction of sp³-hybridized carbons (Fsp3) is 0.111. The molecule has 1 aromatic heterocycles. The lowest BCUT2D eigenvalue weighted by atomic mass is 10.1. The molecule has 1 heterocycles. The first-order chi connectivity index (χ1) is 11.7. The number of carbonyl (C=O) groups is 1. The maximum Gasteiger partial charge on any atom is 0.173 e. The molecule has 3 rings (SSSR count). The number of ether oxygens (including phenoxy) is 1. The second-order valence-electron chi connectivity index (χ2n) is 5.00. The van der Waals surface area contributed by atoms with Crippen LogP contribution in [0.1, 0.15) is 10.4 Å². The van der Waals surface area contributed by atoms with Gasteiger partial charge in [-0.05, 0) is 30.3 Å². The van der Waals surface area contributed by atoms with Gasteiger partial charge in [-0.25, -0.2) is 4.98 Å². The third kappa shape index (κ3) is 3.80. The highest BCUT2D eigenvalue weighted by Gasteiger charge is 2.11. The highest BCUT2D eigenvalue weighted by Crippen LogP contribution is 2.23. The summed E-state index contributed by atoms with van der Waals surface area (Å²) in [6.45, 7) is 0. The smallest absolute Gasteiger partial charge is 0.173 e. The molecule has 3 aromatic rings. The van der Waals surface area contributed by atoms with Gasteiger partial charge in [0.15, 0.2) is 10.9 Å². The molecule has 4 nitrogen and oxygen atoms in total. The summed E-state index contributed by atoms with van der Waals surface area (Å²) in [4.78, 5) is 16.7. The van der Waals surface area contributed by atoms with Gasteiger partial charge >= 0.3 is 0 Å². The van der Waals surface area contributed by atoms with E-state index >= 15 is 0 Å². The molecule has 0 fully saturated rings. The number of halogens is 1. The van der Waals surface area contributed by atoms with Crippen LogP contribution in [0, 0.1) is 0 Å². The van der Waals surface area contributed by atoms with Gasteiger partial charge in [0.05, 0.1) is 12.9 Å². The van der Waals surface area contributed by atoms with Crippen molar-refractivity contribution in [2.45, 2.75) is 5.16 Å². The average Bonchev–Trinajstić information content (AvgIpc) is 3.08. The largest absolute Gasteiger partial charge is 0.497 e. The molecule has 0 saturated carbocycles. The maximum atomic E-state index is 12.4. The van der Waals surface area contributed by atoms with Crippen molar-refractivity contribution >= 4 is 29.1 Å². The summed E-state index contributed by atoms with van der Waals surface area (Å²) in [6.07, 6.45) is 3.56. The highest BCUT2D eigenvalue weighted by molar-refractivity contribution is 7.99. The number of methoxy groups -OCH3 is 1. The summed E-state index contributed by atoms with van der Waals surface area (Å²) in [5, 5.41) is 1.40. The average molecular weight is 359 g/mol. The first-order valence-corrected chi connectivity index (χ1v) is 8.63. The minimum atomic E-state index is 0.0274. The quantitative estimate of drug-likeness (QED) is 0.480. The van der Waals surface area contributed by atoms with Crippen LogP contribution in [-0.4, -0.2) is 28.2 Å². The van der Waals surface area contributed by atoms with E-state index in [2.05, 4.69) is 4.98 Å². The Kier molecular flexibility index (Phi) is 5.23. The number of carbonyl (C=O) groups excluding carboxylic acids is 1. The molecule has 0 aliphatic carbocycles. The Morgan fingerprint density at radius 2 is 2.08 bits per heavy atom. The molecule has 0 amide bonds. The zero-order chi connectivity index (χ0) is 16.9. The lowest BCUT2D eigenvalue weighted by Crippen LogP contribution is -2.04. The van der Waals surface area contributed by atoms with Crippen molar-refractivity contribution in [3.05, 3.63) is 71.5 Å². The molecule has 6 heteroatoms. The summed E-state index contributed by atoms with van der Waals surface area (Å²) in [5.74, 6) is 0.996. The molecule has 122 valence electrons. The molecule has 0 unspecified atom stereocenters. The molecule has 0 spiro atoms. The molecule has 0 aliphatic rings. The van der Waals surface area contributed by atoms with E-state index in [-0.39, 0.29) is 5.78 Å². The van der Waals surface area contributed by atoms with E-state index in [1.807, 2.05) is 47.2 Å². The van der Waals surface area contributed by atoms with E-state index in [4.69, 9.17) is 16.3 Å². The van der Waals surface area contributed by atoms with Gasteiger partial charge in [-0.3, -0.25) is 9.36 Å². The number of ketones is 1. The second-order valence-corrected chi connectivity index (χ2v) is 6.38. The number of hydrogen-bond donors (Lipinski definition) is 0. The zero-order valence-electron chi connectivity index (χ0n) is 13.0. The molecular weight excluding hydrogens is 344 g/mol. The number of nitrogens with zero attached hydrogens (tertiary/aromatic N) is 2. The first kappa shape index (κ1) is 16.6. The van der Waals surface area contributed by atoms with Crippen LogP contribution in [-0.2, 0) is 0 Å². The number of thioether (sulfide) groups is 1. The fourth-order valence-corrected chi connectivity index (χ4v) is 3.28. The van der Waals surface area contributed by atoms with Crippen molar-refractivity contribution in [1.29, 1.82) is 0 Å². The van der Waals surface area contributed by atoms with Crippen LogP contribution in [0.15, 0.2) is 66.1 Å². The van der Waals surface area contributed by atoms with Crippen LogP contribution in [0.4, 0.5) is 0 Å². The maximum absolute atomic E-state index is 12.4. The molecular formula is C18H15ClN2O2S. The van der Waals surface area contributed by atoms with E-state index in [0.29, 0.717) is 22.1 Å². The molecule has 2 aromatic carbocycles. The van der Waals surface area contributed by atoms with Gasteiger partial charge in [-0.1, -0.05) is 41.6 Å². The predicted octanol–water partition coefficient (Wildman–Crippen LogP) is 4.51. The lowest BCUT2D eigenvalue weighted by Gasteiger charge is -2.08. The summed E-state index contributed by atoms with van der Waals surface area (Å²) < 4.78 is 7.07. The standard InChI is InChI=1S/C18H15ClN2O2S/c1-23-16-7-2-4-13(10-16)17(22)12-24-18-20-8-9-21(18)15-6-3-5-14(19)11-15/h2-11H,12H2,1H3. The number of rotatable bonds is 6. The molecule has 24 heavy (non-hydrogen) atoms. The van der Waals surface area contributed by atoms with E-state index in [1.165, 1.54) is 11.8 Å². The zero-order valence-corrected chi connectivity index (χ0v) is 14.6. The number of aromatic nitrogens is 2. The summed E-state index contributed by atoms with van der Waals surface area (Å²) in [5.41, 5.74) is 1.54. The van der Waals surface area contributed by atoms with Gasteiger partial charge in [-0.2, -0.15) is 0 Å². The Morgan fingerprint density at radius 3 is 2.88 bits per heavy atom. The van der Waals surface area contributed by atoms with Crippen LogP contribution in [0.5, 0.6) is 5.75 Å². The minimum absolute atomic E-state index is 0.0274. The third-order valence-corrected chi connectivity index (χ3v) is 4.62. The molecule has 0 N–H and O–H groups in total. The van der Waals surface area contributed by atoms with Crippen molar-refractivity contribution < 1.29 is 9.53 Å². The van der Waals surface area contributed by atoms with Gasteiger partial charge in [0.25, 0.3) is 0 Å². The van der Waals surface area contributed by atoms with Gasteiger partial charge < -0.3 is 4.74 Å². The Hall–Kier alpha value is -2.24. The van der Waals surface area contributed by atoms with Crippen molar-refractivity contribution in [1.82, 2.24) is 9.55 Å². The minimum Gasteiger partial charge on any atom is -0.497 e. The van der Waals surface area contributed by atoms with E-state index in [0.717, 1.165) is 10.8 Å². The predicted molar refractivity (Wildman–Crippen MR) is 96.6 cm³/mol. The van der Waals surface area contributed by atoms with Gasteiger partial charge in [0, 0.05) is 28.7 Å². The van der Waals surface area contributed by atoms with Crippen LogP contribution in [0.3, 0.4) is 0 Å². The molecule has 0 saturated heterocycles. The van der Waals surface area contributed by atoms with Crippen molar-refractivity contribution in [2.24, 2.45) is 0 Å². The topological polar surface area (TPSA) is 44.1 Å². The van der Waals surface area contributed by atoms with E-state index in [9.17, 15) is 4.79 Å². The SMILES string of the molecule is COc1cccc(C(=O)CSc2nccn2-c2cccc(Cl)c2)c1. The fourth-order valence-electron chi connectivity index (χ4n) is 2.23.